The van der Waals surface area contributed by atoms with Gasteiger partial charge in [-0.1, -0.05) is 185 Å². The smallest absolute Gasteiger partial charge is 0.254 e. The second kappa shape index (κ2) is 17.2. The van der Waals surface area contributed by atoms with Crippen LogP contribution in [0.25, 0.3) is 23.3 Å². The summed E-state index contributed by atoms with van der Waals surface area (Å²) in [6.07, 6.45) is 13.1. The van der Waals surface area contributed by atoms with Crippen LogP contribution in [0.2, 0.25) is 0 Å². The van der Waals surface area contributed by atoms with Crippen LogP contribution in [0.1, 0.15) is 219 Å². The molecule has 1 saturated carbocycles. The third kappa shape index (κ3) is 8.55. The standard InChI is InChI=1S/C72H89BN2S/c1-21-50-61(39-48-43-67(9,10)30-31-68(48,11)12)76-64-62(50)73-56-41-54-55(72(19,20)35-34-71(54,17)18)42-58(56)75(57-29-26-47(66(6,7)8)38-51(57)45-22-24-46(25-23-45)65(3,4)5)60-37-44(2)36-59(63(60)73)74(64)49-27-28-52-53(40-49)70(15,16)33-32-69(52,13)14/h21-29,36-42H,1,30-35,43H2,2-20H3/b48-39+. The summed E-state index contributed by atoms with van der Waals surface area (Å²) in [7, 11) is 0. The molecule has 3 aliphatic carbocycles. The van der Waals surface area contributed by atoms with Gasteiger partial charge in [-0.2, -0.15) is 0 Å². The molecule has 4 heteroatoms. The molecule has 76 heavy (non-hydrogen) atoms. The summed E-state index contributed by atoms with van der Waals surface area (Å²) in [6.45, 7) is 50.9. The van der Waals surface area contributed by atoms with Crippen molar-refractivity contribution in [1.82, 2.24) is 0 Å². The molecule has 1 aromatic heterocycles. The van der Waals surface area contributed by atoms with Crippen LogP contribution in [-0.2, 0) is 32.5 Å². The Bertz CT molecular complexity index is 3400. The lowest BCUT2D eigenvalue weighted by Gasteiger charge is -2.47. The Hall–Kier alpha value is -5.06. The molecule has 5 aromatic carbocycles. The lowest BCUT2D eigenvalue weighted by atomic mass is 9.33. The number of fused-ring (bicyclic) bond motifs is 6. The molecule has 0 N–H and O–H groups in total. The predicted octanol–water partition coefficient (Wildman–Crippen LogP) is 19.4. The topological polar surface area (TPSA) is 6.48 Å². The maximum absolute atomic E-state index is 4.77. The minimum absolute atomic E-state index is 0.0159. The van der Waals surface area contributed by atoms with E-state index < -0.39 is 0 Å². The van der Waals surface area contributed by atoms with Crippen LogP contribution < -0.4 is 26.2 Å². The summed E-state index contributed by atoms with van der Waals surface area (Å²) in [6, 6.07) is 35.0. The average Bonchev–Trinajstić information content (AvgIpc) is 3.90. The highest BCUT2D eigenvalue weighted by molar-refractivity contribution is 7.21. The lowest BCUT2D eigenvalue weighted by Crippen LogP contribution is -2.62. The van der Waals surface area contributed by atoms with Gasteiger partial charge in [0.05, 0.1) is 10.7 Å². The summed E-state index contributed by atoms with van der Waals surface area (Å²) in [5.41, 5.74) is 26.5. The van der Waals surface area contributed by atoms with Crippen molar-refractivity contribution in [3.05, 3.63) is 146 Å². The highest BCUT2D eigenvalue weighted by Gasteiger charge is 2.49. The van der Waals surface area contributed by atoms with Crippen LogP contribution in [0.4, 0.5) is 33.4 Å². The van der Waals surface area contributed by atoms with Gasteiger partial charge in [-0.05, 0) is 210 Å². The zero-order chi connectivity index (χ0) is 54.8. The second-order valence-corrected chi connectivity index (χ2v) is 31.6. The Kier molecular flexibility index (Phi) is 12.0. The van der Waals surface area contributed by atoms with Crippen LogP contribution in [-0.4, -0.2) is 6.71 Å². The monoisotopic (exact) mass is 1020 g/mol. The fraction of sp³-hybridized carbons (Fsp3) is 0.472. The van der Waals surface area contributed by atoms with Crippen molar-refractivity contribution in [3.8, 4) is 11.1 Å². The summed E-state index contributed by atoms with van der Waals surface area (Å²) in [4.78, 5) is 6.79. The van der Waals surface area contributed by atoms with E-state index in [-0.39, 0.29) is 50.0 Å². The van der Waals surface area contributed by atoms with Crippen LogP contribution in [0.15, 0.2) is 97.1 Å². The zero-order valence-electron chi connectivity index (χ0n) is 50.3. The molecule has 0 unspecified atom stereocenters. The molecule has 1 fully saturated rings. The first kappa shape index (κ1) is 53.0. The van der Waals surface area contributed by atoms with E-state index >= 15 is 0 Å². The van der Waals surface area contributed by atoms with E-state index in [9.17, 15) is 0 Å². The molecule has 0 radical (unpaired) electrons. The van der Waals surface area contributed by atoms with Crippen molar-refractivity contribution < 1.29 is 0 Å². The number of aryl methyl sites for hydroxylation is 1. The second-order valence-electron chi connectivity index (χ2n) is 30.5. The number of thiophene rings is 1. The molecule has 3 heterocycles. The van der Waals surface area contributed by atoms with Crippen LogP contribution in [0.3, 0.4) is 0 Å². The van der Waals surface area contributed by atoms with Crippen LogP contribution in [0.5, 0.6) is 0 Å². The molecule has 396 valence electrons. The van der Waals surface area contributed by atoms with Gasteiger partial charge >= 0.3 is 0 Å². The van der Waals surface area contributed by atoms with Gasteiger partial charge in [-0.3, -0.25) is 0 Å². The maximum Gasteiger partial charge on any atom is 0.254 e. The number of hydrogen-bond acceptors (Lipinski definition) is 3. The largest absolute Gasteiger partial charge is 0.311 e. The van der Waals surface area contributed by atoms with E-state index in [0.717, 1.165) is 19.3 Å². The molecule has 2 nitrogen and oxygen atoms in total. The number of hydrogen-bond donors (Lipinski definition) is 0. The minimum Gasteiger partial charge on any atom is -0.311 e. The highest BCUT2D eigenvalue weighted by atomic mass is 32.1. The minimum atomic E-state index is -0.0358. The van der Waals surface area contributed by atoms with E-state index in [1.165, 1.54) is 136 Å². The van der Waals surface area contributed by atoms with Crippen molar-refractivity contribution >= 4 is 80.0 Å². The Morgan fingerprint density at radius 2 is 1.07 bits per heavy atom. The van der Waals surface area contributed by atoms with Gasteiger partial charge in [0.2, 0.25) is 0 Å². The van der Waals surface area contributed by atoms with Crippen LogP contribution in [0, 0.1) is 17.8 Å². The van der Waals surface area contributed by atoms with Crippen molar-refractivity contribution in [1.29, 1.82) is 0 Å². The van der Waals surface area contributed by atoms with Crippen molar-refractivity contribution in [2.24, 2.45) is 10.8 Å². The van der Waals surface area contributed by atoms with Crippen molar-refractivity contribution in [2.75, 3.05) is 9.80 Å². The van der Waals surface area contributed by atoms with E-state index in [4.69, 9.17) is 6.58 Å². The number of rotatable bonds is 5. The first-order chi connectivity index (χ1) is 35.2. The van der Waals surface area contributed by atoms with Gasteiger partial charge in [0.25, 0.3) is 6.71 Å². The van der Waals surface area contributed by atoms with E-state index in [0.29, 0.717) is 0 Å². The molecular formula is C72H89BN2S. The quantitative estimate of drug-likeness (QED) is 0.159. The van der Waals surface area contributed by atoms with Gasteiger partial charge in [0, 0.05) is 33.2 Å². The normalized spacial score (nSPS) is 20.8. The van der Waals surface area contributed by atoms with Gasteiger partial charge < -0.3 is 9.80 Å². The van der Waals surface area contributed by atoms with Crippen LogP contribution >= 0.6 is 11.3 Å². The Balaban J connectivity index is 1.27. The van der Waals surface area contributed by atoms with E-state index in [1.807, 2.05) is 11.3 Å². The zero-order valence-corrected chi connectivity index (χ0v) is 51.1. The summed E-state index contributed by atoms with van der Waals surface area (Å²) < 4.78 is 0. The number of nitrogens with zero attached hydrogens (tertiary/aromatic N) is 2. The molecule has 0 amide bonds. The predicted molar refractivity (Wildman–Crippen MR) is 336 cm³/mol. The van der Waals surface area contributed by atoms with E-state index in [2.05, 4.69) is 238 Å². The van der Waals surface area contributed by atoms with Crippen molar-refractivity contribution in [3.63, 3.8) is 0 Å². The summed E-state index contributed by atoms with van der Waals surface area (Å²) in [5, 5.41) is 1.34. The van der Waals surface area contributed by atoms with Crippen molar-refractivity contribution in [2.45, 2.75) is 209 Å². The first-order valence-corrected chi connectivity index (χ1v) is 29.9. The third-order valence-electron chi connectivity index (χ3n) is 19.8. The average molecular weight is 1030 g/mol. The third-order valence-corrected chi connectivity index (χ3v) is 21.0. The molecule has 5 aliphatic rings. The summed E-state index contributed by atoms with van der Waals surface area (Å²) >= 11 is 2.01. The van der Waals surface area contributed by atoms with E-state index in [1.54, 1.807) is 5.57 Å². The molecule has 0 saturated heterocycles. The molecule has 0 bridgehead atoms. The molecule has 11 rings (SSSR count). The Morgan fingerprint density at radius 3 is 1.66 bits per heavy atom. The Labute approximate surface area is 464 Å². The number of anilines is 6. The molecule has 2 aliphatic heterocycles. The maximum atomic E-state index is 4.77. The first-order valence-electron chi connectivity index (χ1n) is 29.1. The summed E-state index contributed by atoms with van der Waals surface area (Å²) in [5.74, 6) is 0. The fourth-order valence-electron chi connectivity index (χ4n) is 14.3. The molecular weight excluding hydrogens is 936 g/mol. The fourth-order valence-corrected chi connectivity index (χ4v) is 15.6. The number of allylic oxidation sites excluding steroid dienone is 1. The Morgan fingerprint density at radius 1 is 0.526 bits per heavy atom. The SMILES string of the molecule is C=Cc1c(/C=C2\CC(C)(C)CCC2(C)C)sc2c1B1c3cc4c(cc3N(c3ccc(C(C)(C)C)cc3-c3ccc(C(C)(C)C)cc3)c3cc(C)cc(c31)N2c1ccc2c(c1)C(C)(C)CCC2(C)C)C(C)(C)CCC4(C)C. The van der Waals surface area contributed by atoms with Gasteiger partial charge in [-0.15, -0.1) is 11.3 Å². The highest BCUT2D eigenvalue weighted by Crippen LogP contribution is 2.56. The lowest BCUT2D eigenvalue weighted by molar-refractivity contribution is 0.201. The molecule has 0 atom stereocenters. The van der Waals surface area contributed by atoms with Gasteiger partial charge in [0.15, 0.2) is 0 Å². The number of benzene rings is 5. The van der Waals surface area contributed by atoms with Gasteiger partial charge in [-0.25, -0.2) is 0 Å². The molecule has 6 aromatic rings. The van der Waals surface area contributed by atoms with Gasteiger partial charge in [0.1, 0.15) is 0 Å². The molecule has 0 spiro atoms.